The molecule has 1 aromatic rings. The van der Waals surface area contributed by atoms with Crippen molar-refractivity contribution in [1.82, 2.24) is 14.9 Å². The zero-order chi connectivity index (χ0) is 17.5. The number of H-pyrrole nitrogens is 2. The van der Waals surface area contributed by atoms with Crippen LogP contribution in [0.15, 0.2) is 11.0 Å². The molecule has 5 N–H and O–H groups in total. The molecule has 1 amide bonds. The molecule has 0 aliphatic carbocycles. The van der Waals surface area contributed by atoms with Gasteiger partial charge in [-0.05, 0) is 12.8 Å². The molecule has 2 rings (SSSR count). The summed E-state index contributed by atoms with van der Waals surface area (Å²) in [5.74, 6) is -0.288. The molecule has 9 nitrogen and oxygen atoms in total. The lowest BCUT2D eigenvalue weighted by Crippen LogP contribution is -2.55. The van der Waals surface area contributed by atoms with Crippen molar-refractivity contribution in [3.63, 3.8) is 0 Å². The second kappa shape index (κ2) is 8.49. The second-order valence-electron chi connectivity index (χ2n) is 5.56. The van der Waals surface area contributed by atoms with E-state index >= 15 is 0 Å². The Kier molecular flexibility index (Phi) is 6.98. The first-order valence-electron chi connectivity index (χ1n) is 7.37. The Morgan fingerprint density at radius 3 is 2.70 bits per heavy atom. The maximum Gasteiger partial charge on any atom is 0.323 e. The van der Waals surface area contributed by atoms with E-state index in [0.717, 1.165) is 6.42 Å². The number of aromatic nitrogens is 2. The van der Waals surface area contributed by atoms with Gasteiger partial charge in [-0.25, -0.2) is 4.79 Å². The summed E-state index contributed by atoms with van der Waals surface area (Å²) in [6.07, 6.45) is 2.64. The fraction of sp³-hybridized carbons (Fsp3) is 0.643. The molecule has 23 heavy (non-hydrogen) atoms. The predicted molar refractivity (Wildman–Crippen MR) is 81.1 cm³/mol. The summed E-state index contributed by atoms with van der Waals surface area (Å²) in [5.41, 5.74) is -0.888. The first-order valence-corrected chi connectivity index (χ1v) is 7.37. The number of carboxylic acid groups (broad SMARTS) is 1. The van der Waals surface area contributed by atoms with Crippen LogP contribution in [0.3, 0.4) is 0 Å². The van der Waals surface area contributed by atoms with Crippen molar-refractivity contribution >= 4 is 12.4 Å². The molecule has 1 aliphatic heterocycles. The molecule has 0 spiro atoms. The molecule has 2 atom stereocenters. The van der Waals surface area contributed by atoms with Gasteiger partial charge in [0.15, 0.2) is 0 Å². The van der Waals surface area contributed by atoms with Crippen LogP contribution in [0.25, 0.3) is 0 Å². The first-order chi connectivity index (χ1) is 10.9. The van der Waals surface area contributed by atoms with Crippen LogP contribution >= 0.6 is 0 Å². The summed E-state index contributed by atoms with van der Waals surface area (Å²) >= 11 is 0. The molecular formula is C14H23N3O6. The number of likely N-dealkylation sites (tertiary alicyclic amines) is 1. The Labute approximate surface area is 133 Å². The Morgan fingerprint density at radius 1 is 1.57 bits per heavy atom. The van der Waals surface area contributed by atoms with Crippen LogP contribution in [0.2, 0.25) is 0 Å². The molecule has 0 unspecified atom stereocenters. The lowest BCUT2D eigenvalue weighted by atomic mass is 9.74. The Morgan fingerprint density at radius 2 is 2.22 bits per heavy atom. The van der Waals surface area contributed by atoms with E-state index in [2.05, 4.69) is 9.97 Å². The molecule has 1 saturated heterocycles. The van der Waals surface area contributed by atoms with E-state index in [1.807, 2.05) is 6.92 Å². The van der Waals surface area contributed by atoms with E-state index in [0.29, 0.717) is 25.9 Å². The topological polar surface area (TPSA) is 147 Å². The highest BCUT2D eigenvalue weighted by Gasteiger charge is 2.43. The minimum Gasteiger partial charge on any atom is -0.483 e. The number of rotatable bonds is 4. The number of aromatic amines is 2. The summed E-state index contributed by atoms with van der Waals surface area (Å²) < 4.78 is 0. The average Bonchev–Trinajstić information content (AvgIpc) is 2.96. The monoisotopic (exact) mass is 329 g/mol. The minimum absolute atomic E-state index is 0.157. The second-order valence-corrected chi connectivity index (χ2v) is 5.56. The van der Waals surface area contributed by atoms with E-state index in [9.17, 15) is 19.8 Å². The van der Waals surface area contributed by atoms with E-state index in [1.54, 1.807) is 4.90 Å². The van der Waals surface area contributed by atoms with Gasteiger partial charge in [0.25, 0.3) is 12.4 Å². The number of hydrogen-bond donors (Lipinski definition) is 5. The quantitative estimate of drug-likeness (QED) is 0.466. The molecule has 1 aliphatic rings. The highest BCUT2D eigenvalue weighted by Crippen LogP contribution is 2.35. The summed E-state index contributed by atoms with van der Waals surface area (Å²) in [7, 11) is 0. The van der Waals surface area contributed by atoms with Crippen molar-refractivity contribution in [3.05, 3.63) is 22.4 Å². The lowest BCUT2D eigenvalue weighted by molar-refractivity contribution is -0.122. The van der Waals surface area contributed by atoms with E-state index in [1.165, 1.54) is 6.20 Å². The molecule has 0 aromatic carbocycles. The zero-order valence-electron chi connectivity index (χ0n) is 13.0. The number of amides is 1. The van der Waals surface area contributed by atoms with Crippen LogP contribution in [-0.2, 0) is 4.79 Å². The van der Waals surface area contributed by atoms with Crippen molar-refractivity contribution in [1.29, 1.82) is 0 Å². The molecule has 0 bridgehead atoms. The van der Waals surface area contributed by atoms with Gasteiger partial charge in [-0.3, -0.25) is 9.59 Å². The Hall–Kier alpha value is -2.13. The standard InChI is InChI=1S/C13H21N3O4.CH2O2/c1-2-4-13(8-17)7-16(5-3-10(13)18)11(19)9-6-14-12(20)15-9;2-1-3/h6,10,17-18H,2-5,7-8H2,1H3,(H2,14,15,20);1H,(H,2,3)/t10-,13+;/m1./s1. The normalized spacial score (nSPS) is 23.8. The highest BCUT2D eigenvalue weighted by atomic mass is 16.3. The van der Waals surface area contributed by atoms with Gasteiger partial charge in [-0.2, -0.15) is 0 Å². The Balaban J connectivity index is 0.000000816. The third-order valence-corrected chi connectivity index (χ3v) is 4.06. The van der Waals surface area contributed by atoms with Crippen molar-refractivity contribution < 1.29 is 24.9 Å². The van der Waals surface area contributed by atoms with Gasteiger partial charge in [0, 0.05) is 24.7 Å². The minimum atomic E-state index is -0.667. The SMILES string of the molecule is CCC[C@@]1(CO)CN(C(=O)c2c[nH]c(=O)[nH]2)CC[C@H]1O.O=CO. The number of aliphatic hydroxyl groups is 2. The molecule has 1 aromatic heterocycles. The highest BCUT2D eigenvalue weighted by molar-refractivity contribution is 5.92. The van der Waals surface area contributed by atoms with Crippen LogP contribution in [0.4, 0.5) is 0 Å². The van der Waals surface area contributed by atoms with Crippen molar-refractivity contribution in [2.75, 3.05) is 19.7 Å². The molecule has 130 valence electrons. The van der Waals surface area contributed by atoms with Crippen LogP contribution in [-0.4, -0.2) is 68.4 Å². The number of imidazole rings is 1. The summed E-state index contributed by atoms with van der Waals surface area (Å²) in [5, 5.41) is 26.7. The smallest absolute Gasteiger partial charge is 0.323 e. The van der Waals surface area contributed by atoms with Crippen LogP contribution < -0.4 is 5.69 Å². The zero-order valence-corrected chi connectivity index (χ0v) is 13.0. The van der Waals surface area contributed by atoms with Gasteiger partial charge in [-0.1, -0.05) is 13.3 Å². The van der Waals surface area contributed by atoms with Gasteiger partial charge >= 0.3 is 5.69 Å². The summed E-state index contributed by atoms with van der Waals surface area (Å²) in [4.78, 5) is 38.1. The Bertz CT molecular complexity index is 569. The predicted octanol–water partition coefficient (Wildman–Crippen LogP) is -0.611. The molecular weight excluding hydrogens is 306 g/mol. The van der Waals surface area contributed by atoms with Crippen LogP contribution in [0.5, 0.6) is 0 Å². The molecule has 0 radical (unpaired) electrons. The van der Waals surface area contributed by atoms with Crippen LogP contribution in [0.1, 0.15) is 36.7 Å². The maximum absolute atomic E-state index is 12.3. The fourth-order valence-corrected chi connectivity index (χ4v) is 2.92. The van der Waals surface area contributed by atoms with Gasteiger partial charge < -0.3 is 30.2 Å². The van der Waals surface area contributed by atoms with Gasteiger partial charge in [0.05, 0.1) is 12.7 Å². The summed E-state index contributed by atoms with van der Waals surface area (Å²) in [6.45, 7) is 2.28. The largest absolute Gasteiger partial charge is 0.483 e. The molecule has 9 heteroatoms. The van der Waals surface area contributed by atoms with Crippen molar-refractivity contribution in [2.45, 2.75) is 32.3 Å². The number of nitrogens with one attached hydrogen (secondary N) is 2. The average molecular weight is 329 g/mol. The first kappa shape index (κ1) is 18.9. The molecule has 2 heterocycles. The van der Waals surface area contributed by atoms with Crippen LogP contribution in [0, 0.1) is 5.41 Å². The van der Waals surface area contributed by atoms with Gasteiger partial charge in [0.2, 0.25) is 0 Å². The van der Waals surface area contributed by atoms with Crippen molar-refractivity contribution in [3.8, 4) is 0 Å². The number of nitrogens with zero attached hydrogens (tertiary/aromatic N) is 1. The van der Waals surface area contributed by atoms with E-state index in [-0.39, 0.29) is 24.7 Å². The number of carbonyl (C=O) groups is 2. The molecule has 1 fully saturated rings. The maximum atomic E-state index is 12.3. The molecule has 0 saturated carbocycles. The summed E-state index contributed by atoms with van der Waals surface area (Å²) in [6, 6.07) is 0. The number of hydrogen-bond acceptors (Lipinski definition) is 5. The third kappa shape index (κ3) is 4.42. The fourth-order valence-electron chi connectivity index (χ4n) is 2.92. The van der Waals surface area contributed by atoms with Crippen molar-refractivity contribution in [2.24, 2.45) is 5.41 Å². The van der Waals surface area contributed by atoms with Gasteiger partial charge in [-0.15, -0.1) is 0 Å². The number of carbonyl (C=O) groups excluding carboxylic acids is 1. The third-order valence-electron chi connectivity index (χ3n) is 4.06. The van der Waals surface area contributed by atoms with E-state index in [4.69, 9.17) is 9.90 Å². The lowest BCUT2D eigenvalue weighted by Gasteiger charge is -2.45. The number of piperidine rings is 1. The van der Waals surface area contributed by atoms with Gasteiger partial charge in [0.1, 0.15) is 5.69 Å². The number of aliphatic hydroxyl groups excluding tert-OH is 2. The van der Waals surface area contributed by atoms with E-state index < -0.39 is 17.2 Å².